The molecule has 0 saturated heterocycles. The van der Waals surface area contributed by atoms with E-state index in [0.29, 0.717) is 12.5 Å². The van der Waals surface area contributed by atoms with Crippen molar-refractivity contribution in [3.8, 4) is 0 Å². The fraction of sp³-hybridized carbons (Fsp3) is 0.600. The van der Waals surface area contributed by atoms with E-state index in [2.05, 4.69) is 22.9 Å². The average Bonchev–Trinajstić information content (AvgIpc) is 2.65. The number of ether oxygens (including phenoxy) is 1. The first-order chi connectivity index (χ1) is 6.36. The highest BCUT2D eigenvalue weighted by Gasteiger charge is 2.04. The van der Waals surface area contributed by atoms with Crippen molar-refractivity contribution < 1.29 is 9.15 Å². The molecule has 1 atom stereocenters. The molecule has 0 aliphatic heterocycles. The molecule has 0 spiro atoms. The summed E-state index contributed by atoms with van der Waals surface area (Å²) in [7, 11) is 0. The van der Waals surface area contributed by atoms with Gasteiger partial charge in [-0.2, -0.15) is 0 Å². The molecule has 0 aliphatic rings. The van der Waals surface area contributed by atoms with E-state index in [0.717, 1.165) is 24.1 Å². The molecule has 1 unspecified atom stereocenters. The smallest absolute Gasteiger partial charge is 0.129 e. The molecular formula is C10H15BrO2. The number of hydrogen-bond acceptors (Lipinski definition) is 2. The number of alkyl halides is 1. The third-order valence-corrected chi connectivity index (χ3v) is 2.89. The van der Waals surface area contributed by atoms with E-state index in [1.807, 2.05) is 12.1 Å². The van der Waals surface area contributed by atoms with E-state index >= 15 is 0 Å². The van der Waals surface area contributed by atoms with Crippen molar-refractivity contribution in [3.05, 3.63) is 24.2 Å². The Morgan fingerprint density at radius 2 is 2.46 bits per heavy atom. The zero-order valence-electron chi connectivity index (χ0n) is 7.83. The molecule has 0 bridgehead atoms. The highest BCUT2D eigenvalue weighted by atomic mass is 79.9. The largest absolute Gasteiger partial charge is 0.467 e. The second-order valence-corrected chi connectivity index (χ2v) is 3.67. The van der Waals surface area contributed by atoms with Gasteiger partial charge in [0, 0.05) is 5.33 Å². The summed E-state index contributed by atoms with van der Waals surface area (Å²) in [5.74, 6) is 1.50. The number of hydrogen-bond donors (Lipinski definition) is 0. The van der Waals surface area contributed by atoms with Gasteiger partial charge in [-0.3, -0.25) is 0 Å². The van der Waals surface area contributed by atoms with Crippen LogP contribution in [0.1, 0.15) is 19.1 Å². The molecule has 0 radical (unpaired) electrons. The van der Waals surface area contributed by atoms with E-state index in [9.17, 15) is 0 Å². The average molecular weight is 247 g/mol. The van der Waals surface area contributed by atoms with Crippen molar-refractivity contribution in [1.82, 2.24) is 0 Å². The van der Waals surface area contributed by atoms with Gasteiger partial charge in [-0.1, -0.05) is 29.3 Å². The second kappa shape index (κ2) is 6.22. The van der Waals surface area contributed by atoms with E-state index in [4.69, 9.17) is 9.15 Å². The third kappa shape index (κ3) is 3.96. The summed E-state index contributed by atoms with van der Waals surface area (Å²) < 4.78 is 10.6. The van der Waals surface area contributed by atoms with Crippen LogP contribution in [-0.2, 0) is 11.3 Å². The highest BCUT2D eigenvalue weighted by Crippen LogP contribution is 2.09. The van der Waals surface area contributed by atoms with Crippen LogP contribution in [0.3, 0.4) is 0 Å². The monoisotopic (exact) mass is 246 g/mol. The van der Waals surface area contributed by atoms with Crippen LogP contribution in [-0.4, -0.2) is 11.9 Å². The van der Waals surface area contributed by atoms with Gasteiger partial charge >= 0.3 is 0 Å². The number of halogens is 1. The van der Waals surface area contributed by atoms with Crippen LogP contribution in [0.25, 0.3) is 0 Å². The minimum atomic E-state index is 0.580. The summed E-state index contributed by atoms with van der Waals surface area (Å²) in [6.45, 7) is 3.54. The topological polar surface area (TPSA) is 22.4 Å². The molecule has 1 aromatic heterocycles. The van der Waals surface area contributed by atoms with Gasteiger partial charge in [0.15, 0.2) is 0 Å². The van der Waals surface area contributed by atoms with Gasteiger partial charge in [0.1, 0.15) is 12.4 Å². The maximum atomic E-state index is 5.50. The Morgan fingerprint density at radius 3 is 3.00 bits per heavy atom. The van der Waals surface area contributed by atoms with Gasteiger partial charge < -0.3 is 9.15 Å². The molecule has 0 N–H and O–H groups in total. The Hall–Kier alpha value is -0.280. The molecule has 1 heterocycles. The standard InChI is InChI=1S/C10H15BrO2/c1-2-9(6-11)7-12-8-10-4-3-5-13-10/h3-5,9H,2,6-8H2,1H3. The first-order valence-electron chi connectivity index (χ1n) is 4.53. The number of rotatable bonds is 6. The van der Waals surface area contributed by atoms with Crippen molar-refractivity contribution in [1.29, 1.82) is 0 Å². The zero-order valence-corrected chi connectivity index (χ0v) is 9.42. The van der Waals surface area contributed by atoms with Gasteiger partial charge in [-0.15, -0.1) is 0 Å². The molecule has 0 saturated carbocycles. The van der Waals surface area contributed by atoms with Crippen LogP contribution >= 0.6 is 15.9 Å². The van der Waals surface area contributed by atoms with Crippen molar-refractivity contribution in [3.63, 3.8) is 0 Å². The molecule has 1 aromatic rings. The third-order valence-electron chi connectivity index (χ3n) is 1.97. The van der Waals surface area contributed by atoms with Crippen molar-refractivity contribution in [2.75, 3.05) is 11.9 Å². The van der Waals surface area contributed by atoms with Gasteiger partial charge in [0.2, 0.25) is 0 Å². The molecule has 2 nitrogen and oxygen atoms in total. The van der Waals surface area contributed by atoms with Gasteiger partial charge in [-0.25, -0.2) is 0 Å². The van der Waals surface area contributed by atoms with Crippen LogP contribution < -0.4 is 0 Å². The number of furan rings is 1. The quantitative estimate of drug-likeness (QED) is 0.720. The summed E-state index contributed by atoms with van der Waals surface area (Å²) in [6, 6.07) is 3.80. The maximum absolute atomic E-state index is 5.50. The molecule has 0 amide bonds. The molecule has 13 heavy (non-hydrogen) atoms. The Morgan fingerprint density at radius 1 is 1.62 bits per heavy atom. The van der Waals surface area contributed by atoms with E-state index in [1.54, 1.807) is 6.26 Å². The lowest BCUT2D eigenvalue weighted by atomic mass is 10.1. The van der Waals surface area contributed by atoms with Gasteiger partial charge in [-0.05, 0) is 18.1 Å². The summed E-state index contributed by atoms with van der Waals surface area (Å²) in [6.07, 6.45) is 2.81. The summed E-state index contributed by atoms with van der Waals surface area (Å²) in [5, 5.41) is 1.00. The lowest BCUT2D eigenvalue weighted by molar-refractivity contribution is 0.0806. The predicted octanol–water partition coefficient (Wildman–Crippen LogP) is 3.22. The molecule has 74 valence electrons. The van der Waals surface area contributed by atoms with Gasteiger partial charge in [0.25, 0.3) is 0 Å². The van der Waals surface area contributed by atoms with Gasteiger partial charge in [0.05, 0.1) is 12.9 Å². The predicted molar refractivity (Wildman–Crippen MR) is 55.9 cm³/mol. The van der Waals surface area contributed by atoms with Crippen LogP contribution in [0.5, 0.6) is 0 Å². The lowest BCUT2D eigenvalue weighted by Crippen LogP contribution is -2.09. The molecule has 1 rings (SSSR count). The highest BCUT2D eigenvalue weighted by molar-refractivity contribution is 9.09. The van der Waals surface area contributed by atoms with Crippen LogP contribution in [0.15, 0.2) is 22.8 Å². The Labute approximate surface area is 87.4 Å². The van der Waals surface area contributed by atoms with Crippen LogP contribution in [0.4, 0.5) is 0 Å². The second-order valence-electron chi connectivity index (χ2n) is 3.02. The Bertz CT molecular complexity index is 205. The lowest BCUT2D eigenvalue weighted by Gasteiger charge is -2.10. The Kier molecular flexibility index (Phi) is 5.16. The van der Waals surface area contributed by atoms with Crippen LogP contribution in [0, 0.1) is 5.92 Å². The van der Waals surface area contributed by atoms with Crippen molar-refractivity contribution >= 4 is 15.9 Å². The molecule has 0 aromatic carbocycles. The molecule has 0 fully saturated rings. The zero-order chi connectivity index (χ0) is 9.52. The van der Waals surface area contributed by atoms with E-state index < -0.39 is 0 Å². The molecular weight excluding hydrogens is 232 g/mol. The Balaban J connectivity index is 2.13. The molecule has 3 heteroatoms. The van der Waals surface area contributed by atoms with Crippen LogP contribution in [0.2, 0.25) is 0 Å². The summed E-state index contributed by atoms with van der Waals surface area (Å²) in [4.78, 5) is 0. The van der Waals surface area contributed by atoms with Crippen molar-refractivity contribution in [2.45, 2.75) is 20.0 Å². The fourth-order valence-electron chi connectivity index (χ4n) is 0.992. The molecule has 0 aliphatic carbocycles. The minimum absolute atomic E-state index is 0.580. The van der Waals surface area contributed by atoms with E-state index in [1.165, 1.54) is 0 Å². The van der Waals surface area contributed by atoms with Crippen molar-refractivity contribution in [2.24, 2.45) is 5.92 Å². The maximum Gasteiger partial charge on any atom is 0.129 e. The first kappa shape index (κ1) is 10.8. The first-order valence-corrected chi connectivity index (χ1v) is 5.65. The summed E-state index contributed by atoms with van der Waals surface area (Å²) in [5.41, 5.74) is 0. The summed E-state index contributed by atoms with van der Waals surface area (Å²) >= 11 is 3.45. The minimum Gasteiger partial charge on any atom is -0.467 e. The van der Waals surface area contributed by atoms with E-state index in [-0.39, 0.29) is 0 Å². The fourth-order valence-corrected chi connectivity index (χ4v) is 1.64. The normalized spacial score (nSPS) is 13.1. The SMILES string of the molecule is CCC(CBr)COCc1ccco1.